The number of nitrogens with zero attached hydrogens (tertiary/aromatic N) is 4. The van der Waals surface area contributed by atoms with Crippen LogP contribution in [0.2, 0.25) is 0 Å². The average molecular weight is 412 g/mol. The molecule has 1 saturated carbocycles. The number of H-pyrrole nitrogens is 1. The van der Waals surface area contributed by atoms with Crippen molar-refractivity contribution in [2.45, 2.75) is 65.0 Å². The Hall–Kier alpha value is -2.64. The summed E-state index contributed by atoms with van der Waals surface area (Å²) in [4.78, 5) is 46.9. The van der Waals surface area contributed by atoms with Crippen molar-refractivity contribution >= 4 is 17.5 Å². The van der Waals surface area contributed by atoms with E-state index in [0.717, 1.165) is 50.0 Å². The van der Waals surface area contributed by atoms with E-state index < -0.39 is 0 Å². The van der Waals surface area contributed by atoms with Crippen LogP contribution in [-0.2, 0) is 22.6 Å². The predicted octanol–water partition coefficient (Wildman–Crippen LogP) is 2.03. The summed E-state index contributed by atoms with van der Waals surface area (Å²) in [6.45, 7) is 5.72. The Kier molecular flexibility index (Phi) is 4.67. The van der Waals surface area contributed by atoms with Crippen LogP contribution in [0.3, 0.4) is 0 Å². The van der Waals surface area contributed by atoms with Gasteiger partial charge in [0.25, 0.3) is 5.56 Å². The van der Waals surface area contributed by atoms with Gasteiger partial charge in [-0.05, 0) is 32.1 Å². The molecular weight excluding hydrogens is 382 g/mol. The van der Waals surface area contributed by atoms with Gasteiger partial charge in [0.2, 0.25) is 11.8 Å². The zero-order valence-electron chi connectivity index (χ0n) is 17.7. The summed E-state index contributed by atoms with van der Waals surface area (Å²) in [7, 11) is 0. The Labute approximate surface area is 175 Å². The van der Waals surface area contributed by atoms with Crippen LogP contribution in [0.1, 0.15) is 68.9 Å². The monoisotopic (exact) mass is 411 g/mol. The molecule has 1 saturated heterocycles. The minimum absolute atomic E-state index is 0.00173. The normalized spacial score (nSPS) is 22.4. The summed E-state index contributed by atoms with van der Waals surface area (Å²) in [6.07, 6.45) is 5.20. The van der Waals surface area contributed by atoms with E-state index in [2.05, 4.69) is 5.10 Å². The number of hydrogen-bond donors (Lipinski definition) is 1. The second kappa shape index (κ2) is 7.25. The van der Waals surface area contributed by atoms with Crippen molar-refractivity contribution in [3.63, 3.8) is 0 Å². The maximum atomic E-state index is 13.2. The molecule has 0 spiro atoms. The molecule has 2 atom stereocenters. The Balaban J connectivity index is 1.47. The van der Waals surface area contributed by atoms with Crippen molar-refractivity contribution in [3.8, 4) is 0 Å². The van der Waals surface area contributed by atoms with Gasteiger partial charge in [-0.25, -0.2) is 9.50 Å². The second-order valence-corrected chi connectivity index (χ2v) is 9.03. The highest BCUT2D eigenvalue weighted by Crippen LogP contribution is 2.34. The first kappa shape index (κ1) is 19.3. The third-order valence-electron chi connectivity index (χ3n) is 6.95. The van der Waals surface area contributed by atoms with Gasteiger partial charge >= 0.3 is 0 Å². The van der Waals surface area contributed by atoms with Gasteiger partial charge in [-0.15, -0.1) is 0 Å². The molecule has 4 heterocycles. The summed E-state index contributed by atoms with van der Waals surface area (Å²) < 4.78 is 1.49. The van der Waals surface area contributed by atoms with Crippen molar-refractivity contribution in [2.75, 3.05) is 13.1 Å². The lowest BCUT2D eigenvalue weighted by Crippen LogP contribution is -2.41. The summed E-state index contributed by atoms with van der Waals surface area (Å²) in [5, 5.41) is 3.22. The quantitative estimate of drug-likeness (QED) is 0.833. The molecule has 1 aliphatic carbocycles. The molecule has 0 aromatic carbocycles. The van der Waals surface area contributed by atoms with Crippen LogP contribution >= 0.6 is 0 Å². The number of nitrogens with one attached hydrogen (secondary N) is 1. The minimum Gasteiger partial charge on any atom is -0.337 e. The Bertz CT molecular complexity index is 1070. The topological polar surface area (TPSA) is 90.8 Å². The molecule has 2 amide bonds. The summed E-state index contributed by atoms with van der Waals surface area (Å²) in [5.74, 6) is 0.493. The van der Waals surface area contributed by atoms with Gasteiger partial charge in [0.15, 0.2) is 5.65 Å². The van der Waals surface area contributed by atoms with E-state index in [1.807, 2.05) is 29.7 Å². The summed E-state index contributed by atoms with van der Waals surface area (Å²) in [5.41, 5.74) is 2.73. The van der Waals surface area contributed by atoms with Crippen LogP contribution in [0.15, 0.2) is 10.9 Å². The summed E-state index contributed by atoms with van der Waals surface area (Å²) >= 11 is 0. The van der Waals surface area contributed by atoms with Gasteiger partial charge < -0.3 is 9.80 Å². The number of rotatable bonds is 4. The molecule has 2 aromatic heterocycles. The fourth-order valence-electron chi connectivity index (χ4n) is 4.76. The highest BCUT2D eigenvalue weighted by molar-refractivity contribution is 5.81. The fraction of sp³-hybridized carbons (Fsp3) is 0.636. The maximum Gasteiger partial charge on any atom is 0.277 e. The first-order valence-corrected chi connectivity index (χ1v) is 11.2. The molecule has 0 radical (unpaired) electrons. The number of fused-ring (bicyclic) bond motifs is 2. The van der Waals surface area contributed by atoms with Crippen LogP contribution < -0.4 is 5.56 Å². The van der Waals surface area contributed by atoms with Crippen molar-refractivity contribution in [3.05, 3.63) is 33.4 Å². The lowest BCUT2D eigenvalue weighted by atomic mass is 10.1. The van der Waals surface area contributed by atoms with Gasteiger partial charge in [-0.2, -0.15) is 0 Å². The van der Waals surface area contributed by atoms with Crippen LogP contribution in [0, 0.1) is 11.8 Å². The van der Waals surface area contributed by atoms with E-state index in [9.17, 15) is 14.4 Å². The van der Waals surface area contributed by atoms with Gasteiger partial charge in [0, 0.05) is 37.4 Å². The van der Waals surface area contributed by atoms with Crippen molar-refractivity contribution in [2.24, 2.45) is 11.8 Å². The first-order chi connectivity index (χ1) is 14.5. The minimum atomic E-state index is -0.132. The third-order valence-corrected chi connectivity index (χ3v) is 6.95. The number of carbonyl (C=O) groups excluding carboxylic acids is 2. The van der Waals surface area contributed by atoms with E-state index in [-0.39, 0.29) is 35.3 Å². The average Bonchev–Trinajstić information content (AvgIpc) is 3.33. The van der Waals surface area contributed by atoms with Crippen LogP contribution in [0.4, 0.5) is 0 Å². The van der Waals surface area contributed by atoms with Crippen LogP contribution in [0.25, 0.3) is 5.65 Å². The standard InChI is InChI=1S/C22H29N5O3/c1-3-13(2)20(28)26-9-4-5-18(26)17-11-19-23-16-8-10-25(21(29)14-6-7-14)12-15(16)22(30)27(19)24-17/h11,13-14,18,24H,3-10,12H2,1-2H3. The molecule has 0 bridgehead atoms. The molecular formula is C22H29N5O3. The molecule has 2 fully saturated rings. The fourth-order valence-corrected chi connectivity index (χ4v) is 4.76. The van der Waals surface area contributed by atoms with Gasteiger partial charge in [0.05, 0.1) is 29.5 Å². The molecule has 8 heteroatoms. The highest BCUT2D eigenvalue weighted by atomic mass is 16.2. The molecule has 3 aliphatic rings. The zero-order chi connectivity index (χ0) is 21.0. The molecule has 8 nitrogen and oxygen atoms in total. The molecule has 2 aromatic rings. The SMILES string of the molecule is CCC(C)C(=O)N1CCCC1c1cc2nc3c(c(=O)n2[nH]1)CN(C(=O)C1CC1)CC3. The van der Waals surface area contributed by atoms with E-state index in [0.29, 0.717) is 30.7 Å². The Morgan fingerprint density at radius 3 is 2.80 bits per heavy atom. The number of carbonyl (C=O) groups is 2. The number of amides is 2. The number of aromatic amines is 1. The van der Waals surface area contributed by atoms with E-state index in [1.165, 1.54) is 4.52 Å². The highest BCUT2D eigenvalue weighted by Gasteiger charge is 2.36. The van der Waals surface area contributed by atoms with Gasteiger partial charge in [-0.3, -0.25) is 19.5 Å². The first-order valence-electron chi connectivity index (χ1n) is 11.2. The second-order valence-electron chi connectivity index (χ2n) is 9.03. The summed E-state index contributed by atoms with van der Waals surface area (Å²) in [6, 6.07) is 1.87. The van der Waals surface area contributed by atoms with Crippen LogP contribution in [0.5, 0.6) is 0 Å². The zero-order valence-corrected chi connectivity index (χ0v) is 17.7. The van der Waals surface area contributed by atoms with Gasteiger partial charge in [0.1, 0.15) is 0 Å². The number of likely N-dealkylation sites (tertiary alicyclic amines) is 1. The van der Waals surface area contributed by atoms with Crippen LogP contribution in [-0.4, -0.2) is 49.3 Å². The molecule has 160 valence electrons. The lowest BCUT2D eigenvalue weighted by molar-refractivity contribution is -0.136. The van der Waals surface area contributed by atoms with Gasteiger partial charge in [-0.1, -0.05) is 13.8 Å². The Morgan fingerprint density at radius 1 is 1.27 bits per heavy atom. The van der Waals surface area contributed by atoms with E-state index in [4.69, 9.17) is 4.98 Å². The molecule has 5 rings (SSSR count). The maximum absolute atomic E-state index is 13.2. The number of hydrogen-bond acceptors (Lipinski definition) is 4. The Morgan fingerprint density at radius 2 is 2.07 bits per heavy atom. The van der Waals surface area contributed by atoms with Crippen molar-refractivity contribution in [1.29, 1.82) is 0 Å². The lowest BCUT2D eigenvalue weighted by Gasteiger charge is -2.27. The largest absolute Gasteiger partial charge is 0.337 e. The molecule has 2 aliphatic heterocycles. The molecule has 1 N–H and O–H groups in total. The predicted molar refractivity (Wildman–Crippen MR) is 111 cm³/mol. The number of aromatic nitrogens is 3. The molecule has 30 heavy (non-hydrogen) atoms. The molecule has 2 unspecified atom stereocenters. The third kappa shape index (κ3) is 3.13. The smallest absolute Gasteiger partial charge is 0.277 e. The van der Waals surface area contributed by atoms with E-state index in [1.54, 1.807) is 0 Å². The van der Waals surface area contributed by atoms with Crippen molar-refractivity contribution in [1.82, 2.24) is 24.4 Å². The van der Waals surface area contributed by atoms with E-state index >= 15 is 0 Å². The van der Waals surface area contributed by atoms with Crippen molar-refractivity contribution < 1.29 is 9.59 Å².